The molecule has 1 atom stereocenters. The molecule has 0 N–H and O–H groups in total. The fourth-order valence-corrected chi connectivity index (χ4v) is 3.22. The Morgan fingerprint density at radius 3 is 2.71 bits per heavy atom. The second-order valence-electron chi connectivity index (χ2n) is 5.23. The number of carbonyl (C=O) groups is 1. The van der Waals surface area contributed by atoms with E-state index in [1.165, 1.54) is 25.2 Å². The lowest BCUT2D eigenvalue weighted by Gasteiger charge is -2.11. The van der Waals surface area contributed by atoms with E-state index in [9.17, 15) is 4.79 Å². The number of carbonyl (C=O) groups excluding carboxylic acids is 1. The van der Waals surface area contributed by atoms with Crippen LogP contribution < -0.4 is 0 Å². The van der Waals surface area contributed by atoms with Crippen LogP contribution in [0.25, 0.3) is 16.9 Å². The molecule has 0 bridgehead atoms. The molecule has 1 aromatic carbocycles. The van der Waals surface area contributed by atoms with Gasteiger partial charge in [-0.05, 0) is 25.5 Å². The van der Waals surface area contributed by atoms with Crippen LogP contribution in [0.3, 0.4) is 0 Å². The van der Waals surface area contributed by atoms with Crippen LogP contribution in [0.5, 0.6) is 0 Å². The Bertz CT molecular complexity index is 863. The van der Waals surface area contributed by atoms with Gasteiger partial charge in [-0.25, -0.2) is 9.97 Å². The number of fused-ring (bicyclic) bond motifs is 1. The highest BCUT2D eigenvalue weighted by Crippen LogP contribution is 2.29. The highest BCUT2D eigenvalue weighted by molar-refractivity contribution is 8.00. The Kier molecular flexibility index (Phi) is 4.75. The third-order valence-electron chi connectivity index (χ3n) is 3.57. The quantitative estimate of drug-likeness (QED) is 0.400. The van der Waals surface area contributed by atoms with Gasteiger partial charge in [0, 0.05) is 0 Å². The van der Waals surface area contributed by atoms with Crippen molar-refractivity contribution in [3.63, 3.8) is 0 Å². The Hall–Kier alpha value is -2.48. The molecule has 0 saturated heterocycles. The number of methoxy groups -OCH3 is 1. The number of ether oxygens (including phenoxy) is 1. The third-order valence-corrected chi connectivity index (χ3v) is 4.90. The van der Waals surface area contributed by atoms with Crippen LogP contribution in [0.4, 0.5) is 0 Å². The molecule has 0 amide bonds. The third kappa shape index (κ3) is 3.09. The lowest BCUT2D eigenvalue weighted by atomic mass is 10.2. The first-order chi connectivity index (χ1) is 11.6. The molecule has 0 saturated carbocycles. The maximum atomic E-state index is 11.8. The molecule has 2 heterocycles. The van der Waals surface area contributed by atoms with Gasteiger partial charge in [-0.3, -0.25) is 4.79 Å². The van der Waals surface area contributed by atoms with Crippen LogP contribution in [-0.2, 0) is 9.53 Å². The minimum atomic E-state index is -0.336. The first-order valence-corrected chi connectivity index (χ1v) is 8.40. The lowest BCUT2D eigenvalue weighted by molar-refractivity contribution is -0.140. The zero-order valence-electron chi connectivity index (χ0n) is 13.6. The molecule has 2 aromatic heterocycles. The minimum absolute atomic E-state index is 0.278. The first kappa shape index (κ1) is 16.4. The number of rotatable bonds is 5. The van der Waals surface area contributed by atoms with Gasteiger partial charge in [0.2, 0.25) is 0 Å². The number of nitrogens with zero attached hydrogens (tertiary/aromatic N) is 5. The predicted molar refractivity (Wildman–Crippen MR) is 91.1 cm³/mol. The van der Waals surface area contributed by atoms with Crippen LogP contribution in [0, 0.1) is 6.92 Å². The van der Waals surface area contributed by atoms with E-state index in [0.717, 1.165) is 11.3 Å². The summed E-state index contributed by atoms with van der Waals surface area (Å²) in [5, 5.41) is 8.68. The fraction of sp³-hybridized carbons (Fsp3) is 0.312. The number of aromatic nitrogens is 5. The molecule has 7 nitrogen and oxygen atoms in total. The molecule has 0 spiro atoms. The highest BCUT2D eigenvalue weighted by Gasteiger charge is 2.22. The summed E-state index contributed by atoms with van der Waals surface area (Å²) in [5.74, 6) is -0.278. The summed E-state index contributed by atoms with van der Waals surface area (Å²) in [6.45, 7) is 3.95. The standard InChI is InChI=1S/C16H17N5O2S/c1-4-12(16(22)23-3)24-15-13-14(17-9-18-15)21(20-19-13)11-7-5-10(2)6-8-11/h5-9,12H,4H2,1-3H3. The Morgan fingerprint density at radius 1 is 1.29 bits per heavy atom. The molecule has 8 heteroatoms. The highest BCUT2D eigenvalue weighted by atomic mass is 32.2. The van der Waals surface area contributed by atoms with Gasteiger partial charge in [-0.15, -0.1) is 5.10 Å². The largest absolute Gasteiger partial charge is 0.468 e. The van der Waals surface area contributed by atoms with Crippen LogP contribution >= 0.6 is 11.8 Å². The molecule has 0 aliphatic rings. The molecule has 3 rings (SSSR count). The number of aryl methyl sites for hydroxylation is 1. The number of benzene rings is 1. The van der Waals surface area contributed by atoms with Crippen molar-refractivity contribution in [1.29, 1.82) is 0 Å². The summed E-state index contributed by atoms with van der Waals surface area (Å²) in [7, 11) is 1.38. The van der Waals surface area contributed by atoms with Gasteiger partial charge in [-0.2, -0.15) is 4.68 Å². The van der Waals surface area contributed by atoms with Gasteiger partial charge in [0.1, 0.15) is 16.6 Å². The zero-order valence-corrected chi connectivity index (χ0v) is 14.4. The fourth-order valence-electron chi connectivity index (χ4n) is 2.24. The van der Waals surface area contributed by atoms with Gasteiger partial charge >= 0.3 is 5.97 Å². The average Bonchev–Trinajstić information content (AvgIpc) is 3.04. The molecule has 0 fully saturated rings. The first-order valence-electron chi connectivity index (χ1n) is 7.52. The van der Waals surface area contributed by atoms with Crippen molar-refractivity contribution in [3.8, 4) is 5.69 Å². The molecular formula is C16H17N5O2S. The lowest BCUT2D eigenvalue weighted by Crippen LogP contribution is -2.17. The summed E-state index contributed by atoms with van der Waals surface area (Å²) in [6.07, 6.45) is 2.09. The summed E-state index contributed by atoms with van der Waals surface area (Å²) in [4.78, 5) is 20.4. The normalized spacial score (nSPS) is 12.3. The van der Waals surface area contributed by atoms with E-state index in [4.69, 9.17) is 4.74 Å². The maximum absolute atomic E-state index is 11.8. The average molecular weight is 343 g/mol. The Balaban J connectivity index is 2.00. The molecule has 0 aliphatic heterocycles. The Labute approximate surface area is 143 Å². The van der Waals surface area contributed by atoms with Crippen molar-refractivity contribution in [1.82, 2.24) is 25.0 Å². The monoisotopic (exact) mass is 343 g/mol. The van der Waals surface area contributed by atoms with Crippen molar-refractivity contribution in [3.05, 3.63) is 36.2 Å². The van der Waals surface area contributed by atoms with E-state index in [0.29, 0.717) is 22.6 Å². The van der Waals surface area contributed by atoms with Crippen LogP contribution in [0.15, 0.2) is 35.6 Å². The molecule has 0 aliphatic carbocycles. The Morgan fingerprint density at radius 2 is 2.04 bits per heavy atom. The summed E-state index contributed by atoms with van der Waals surface area (Å²) >= 11 is 1.32. The van der Waals surface area contributed by atoms with Crippen molar-refractivity contribution in [2.75, 3.05) is 7.11 Å². The predicted octanol–water partition coefficient (Wildman–Crippen LogP) is 2.56. The van der Waals surface area contributed by atoms with Gasteiger partial charge in [0.05, 0.1) is 12.8 Å². The molecule has 24 heavy (non-hydrogen) atoms. The molecule has 124 valence electrons. The molecule has 0 radical (unpaired) electrons. The van der Waals surface area contributed by atoms with Gasteiger partial charge in [-0.1, -0.05) is 41.6 Å². The smallest absolute Gasteiger partial charge is 0.319 e. The molecule has 1 unspecified atom stereocenters. The van der Waals surface area contributed by atoms with E-state index in [2.05, 4.69) is 20.3 Å². The number of esters is 1. The molecule has 3 aromatic rings. The van der Waals surface area contributed by atoms with Crippen molar-refractivity contribution in [2.24, 2.45) is 0 Å². The second-order valence-corrected chi connectivity index (χ2v) is 6.42. The topological polar surface area (TPSA) is 82.8 Å². The minimum Gasteiger partial charge on any atom is -0.468 e. The second kappa shape index (κ2) is 6.96. The van der Waals surface area contributed by atoms with Gasteiger partial charge < -0.3 is 4.74 Å². The van der Waals surface area contributed by atoms with E-state index in [1.807, 2.05) is 38.1 Å². The van der Waals surface area contributed by atoms with Gasteiger partial charge in [0.15, 0.2) is 11.2 Å². The van der Waals surface area contributed by atoms with Crippen molar-refractivity contribution in [2.45, 2.75) is 30.5 Å². The van der Waals surface area contributed by atoms with Crippen LogP contribution in [-0.4, -0.2) is 43.3 Å². The van der Waals surface area contributed by atoms with E-state index in [-0.39, 0.29) is 11.2 Å². The summed E-state index contributed by atoms with van der Waals surface area (Å²) in [5.41, 5.74) is 3.22. The maximum Gasteiger partial charge on any atom is 0.319 e. The van der Waals surface area contributed by atoms with Crippen LogP contribution in [0.2, 0.25) is 0 Å². The van der Waals surface area contributed by atoms with Crippen molar-refractivity contribution < 1.29 is 9.53 Å². The number of hydrogen-bond donors (Lipinski definition) is 0. The van der Waals surface area contributed by atoms with Crippen LogP contribution in [0.1, 0.15) is 18.9 Å². The molecular weight excluding hydrogens is 326 g/mol. The number of hydrogen-bond acceptors (Lipinski definition) is 7. The van der Waals surface area contributed by atoms with E-state index in [1.54, 1.807) is 4.68 Å². The van der Waals surface area contributed by atoms with E-state index >= 15 is 0 Å². The van der Waals surface area contributed by atoms with Crippen molar-refractivity contribution >= 4 is 28.9 Å². The summed E-state index contributed by atoms with van der Waals surface area (Å²) < 4.78 is 6.50. The number of thioether (sulfide) groups is 1. The van der Waals surface area contributed by atoms with E-state index < -0.39 is 0 Å². The van der Waals surface area contributed by atoms with Gasteiger partial charge in [0.25, 0.3) is 0 Å². The zero-order chi connectivity index (χ0) is 17.1. The SMILES string of the molecule is CCC(Sc1ncnc2c1nnn2-c1ccc(C)cc1)C(=O)OC. The summed E-state index contributed by atoms with van der Waals surface area (Å²) in [6, 6.07) is 7.93.